The molecule has 0 radical (unpaired) electrons. The molecule has 1 amide bonds. The van der Waals surface area contributed by atoms with Crippen LogP contribution < -0.4 is 11.1 Å². The van der Waals surface area contributed by atoms with Crippen molar-refractivity contribution in [2.45, 2.75) is 31.7 Å². The second kappa shape index (κ2) is 8.46. The average molecular weight is 371 g/mol. The number of halogens is 2. The zero-order valence-corrected chi connectivity index (χ0v) is 14.6. The molecule has 1 aromatic carbocycles. The van der Waals surface area contributed by atoms with E-state index in [1.54, 1.807) is 12.1 Å². The van der Waals surface area contributed by atoms with E-state index in [9.17, 15) is 4.79 Å². The molecule has 1 fully saturated rings. The van der Waals surface area contributed by atoms with Crippen molar-refractivity contribution >= 4 is 29.9 Å². The monoisotopic (exact) mass is 370 g/mol. The highest BCUT2D eigenvalue weighted by Crippen LogP contribution is 2.24. The lowest BCUT2D eigenvalue weighted by Crippen LogP contribution is -2.31. The summed E-state index contributed by atoms with van der Waals surface area (Å²) < 4.78 is 5.21. The van der Waals surface area contributed by atoms with Crippen molar-refractivity contribution in [3.63, 3.8) is 0 Å². The zero-order chi connectivity index (χ0) is 16.2. The molecule has 1 aliphatic rings. The summed E-state index contributed by atoms with van der Waals surface area (Å²) in [7, 11) is 0. The fraction of sp³-hybridized carbons (Fsp3) is 0.438. The highest BCUT2D eigenvalue weighted by molar-refractivity contribution is 6.30. The first-order valence-electron chi connectivity index (χ1n) is 7.73. The smallest absolute Gasteiger partial charge is 0.228 e. The van der Waals surface area contributed by atoms with Crippen LogP contribution in [0, 0.1) is 5.92 Å². The molecule has 24 heavy (non-hydrogen) atoms. The maximum atomic E-state index is 12.0. The van der Waals surface area contributed by atoms with Gasteiger partial charge < -0.3 is 15.6 Å². The molecule has 3 rings (SSSR count). The third-order valence-corrected chi connectivity index (χ3v) is 4.30. The van der Waals surface area contributed by atoms with Gasteiger partial charge in [-0.15, -0.1) is 12.4 Å². The van der Waals surface area contributed by atoms with E-state index in [0.29, 0.717) is 29.7 Å². The van der Waals surface area contributed by atoms with Crippen LogP contribution in [0.15, 0.2) is 28.8 Å². The van der Waals surface area contributed by atoms with Gasteiger partial charge in [0, 0.05) is 35.5 Å². The van der Waals surface area contributed by atoms with Crippen molar-refractivity contribution in [1.82, 2.24) is 15.5 Å². The molecule has 0 bridgehead atoms. The van der Waals surface area contributed by atoms with Gasteiger partial charge in [0.2, 0.25) is 17.6 Å². The van der Waals surface area contributed by atoms with Crippen LogP contribution in [0.25, 0.3) is 11.4 Å². The fourth-order valence-electron chi connectivity index (χ4n) is 2.76. The summed E-state index contributed by atoms with van der Waals surface area (Å²) in [5.74, 6) is 1.12. The van der Waals surface area contributed by atoms with Gasteiger partial charge in [-0.2, -0.15) is 4.98 Å². The predicted octanol–water partition coefficient (Wildman–Crippen LogP) is 2.60. The van der Waals surface area contributed by atoms with Crippen molar-refractivity contribution in [1.29, 1.82) is 0 Å². The van der Waals surface area contributed by atoms with Crippen LogP contribution in [0.4, 0.5) is 0 Å². The van der Waals surface area contributed by atoms with Crippen molar-refractivity contribution in [3.8, 4) is 11.4 Å². The number of carbonyl (C=O) groups excluding carboxylic acids is 1. The minimum Gasteiger partial charge on any atom is -0.355 e. The molecule has 2 unspecified atom stereocenters. The largest absolute Gasteiger partial charge is 0.355 e. The Hall–Kier alpha value is -1.63. The second-order valence-corrected chi connectivity index (χ2v) is 6.27. The first-order chi connectivity index (χ1) is 11.1. The van der Waals surface area contributed by atoms with Gasteiger partial charge in [-0.3, -0.25) is 4.79 Å². The average Bonchev–Trinajstić information content (AvgIpc) is 3.17. The molecule has 6 nitrogen and oxygen atoms in total. The number of nitrogens with zero attached hydrogens (tertiary/aromatic N) is 2. The lowest BCUT2D eigenvalue weighted by atomic mass is 10.1. The molecule has 1 heterocycles. The summed E-state index contributed by atoms with van der Waals surface area (Å²) in [4.78, 5) is 16.3. The summed E-state index contributed by atoms with van der Waals surface area (Å²) in [5.41, 5.74) is 6.67. The Morgan fingerprint density at radius 1 is 1.33 bits per heavy atom. The van der Waals surface area contributed by atoms with Crippen molar-refractivity contribution in [2.24, 2.45) is 11.7 Å². The van der Waals surface area contributed by atoms with Gasteiger partial charge >= 0.3 is 0 Å². The maximum Gasteiger partial charge on any atom is 0.228 e. The van der Waals surface area contributed by atoms with Crippen LogP contribution in [-0.2, 0) is 11.2 Å². The molecule has 130 valence electrons. The minimum absolute atomic E-state index is 0. The van der Waals surface area contributed by atoms with E-state index >= 15 is 0 Å². The Bertz CT molecular complexity index is 675. The van der Waals surface area contributed by atoms with E-state index in [1.165, 1.54) is 0 Å². The van der Waals surface area contributed by atoms with Crippen molar-refractivity contribution < 1.29 is 9.32 Å². The highest BCUT2D eigenvalue weighted by atomic mass is 35.5. The van der Waals surface area contributed by atoms with Gasteiger partial charge in [-0.1, -0.05) is 16.8 Å². The maximum absolute atomic E-state index is 12.0. The number of carbonyl (C=O) groups is 1. The fourth-order valence-corrected chi connectivity index (χ4v) is 2.89. The molecule has 1 aliphatic carbocycles. The van der Waals surface area contributed by atoms with Gasteiger partial charge in [0.05, 0.1) is 0 Å². The third kappa shape index (κ3) is 4.69. The Labute approximate surface area is 151 Å². The van der Waals surface area contributed by atoms with E-state index in [1.807, 2.05) is 12.1 Å². The summed E-state index contributed by atoms with van der Waals surface area (Å²) in [6.07, 6.45) is 3.07. The molecule has 0 saturated heterocycles. The summed E-state index contributed by atoms with van der Waals surface area (Å²) >= 11 is 5.85. The molecule has 8 heteroatoms. The quantitative estimate of drug-likeness (QED) is 0.843. The molecule has 2 aromatic rings. The number of benzene rings is 1. The number of hydrogen-bond donors (Lipinski definition) is 2. The summed E-state index contributed by atoms with van der Waals surface area (Å²) in [5, 5.41) is 7.51. The molecule has 1 saturated carbocycles. The van der Waals surface area contributed by atoms with Crippen molar-refractivity contribution in [2.75, 3.05) is 6.54 Å². The van der Waals surface area contributed by atoms with Gasteiger partial charge in [-0.25, -0.2) is 0 Å². The second-order valence-electron chi connectivity index (χ2n) is 5.83. The predicted molar refractivity (Wildman–Crippen MR) is 94.0 cm³/mol. The number of hydrogen-bond acceptors (Lipinski definition) is 5. The molecule has 0 aliphatic heterocycles. The summed E-state index contributed by atoms with van der Waals surface area (Å²) in [6.45, 7) is 0.479. The van der Waals surface area contributed by atoms with E-state index in [0.717, 1.165) is 24.8 Å². The standard InChI is InChI=1S/C16H19ClN4O2.ClH/c17-12-4-1-10(2-5-12)15-20-14(23-21-15)7-8-19-16(22)11-3-6-13(18)9-11;/h1-2,4-5,11,13H,3,6-9,18H2,(H,19,22);1H. The number of nitrogens with two attached hydrogens (primary N) is 1. The first kappa shape index (κ1) is 18.7. The summed E-state index contributed by atoms with van der Waals surface area (Å²) in [6, 6.07) is 7.38. The molecule has 0 spiro atoms. The van der Waals surface area contributed by atoms with Gasteiger partial charge in [0.25, 0.3) is 0 Å². The molecule has 2 atom stereocenters. The van der Waals surface area contributed by atoms with Gasteiger partial charge in [0.1, 0.15) is 0 Å². The van der Waals surface area contributed by atoms with Crippen molar-refractivity contribution in [3.05, 3.63) is 35.2 Å². The topological polar surface area (TPSA) is 94.0 Å². The highest BCUT2D eigenvalue weighted by Gasteiger charge is 2.27. The minimum atomic E-state index is 0. The van der Waals surface area contributed by atoms with E-state index in [-0.39, 0.29) is 30.3 Å². The Morgan fingerprint density at radius 3 is 2.75 bits per heavy atom. The van der Waals surface area contributed by atoms with E-state index < -0.39 is 0 Å². The van der Waals surface area contributed by atoms with Crippen LogP contribution >= 0.6 is 24.0 Å². The van der Waals surface area contributed by atoms with E-state index in [2.05, 4.69) is 15.5 Å². The number of rotatable bonds is 5. The van der Waals surface area contributed by atoms with Crippen LogP contribution in [0.3, 0.4) is 0 Å². The lowest BCUT2D eigenvalue weighted by molar-refractivity contribution is -0.124. The SMILES string of the molecule is Cl.NC1CCC(C(=O)NCCc2nc(-c3ccc(Cl)cc3)no2)C1. The zero-order valence-electron chi connectivity index (χ0n) is 13.1. The Kier molecular flexibility index (Phi) is 6.60. The van der Waals surface area contributed by atoms with Crippen LogP contribution in [0.5, 0.6) is 0 Å². The van der Waals surface area contributed by atoms with E-state index in [4.69, 9.17) is 21.9 Å². The van der Waals surface area contributed by atoms with Crippen LogP contribution in [0.1, 0.15) is 25.2 Å². The first-order valence-corrected chi connectivity index (χ1v) is 8.11. The van der Waals surface area contributed by atoms with Crippen LogP contribution in [-0.4, -0.2) is 28.6 Å². The van der Waals surface area contributed by atoms with Gasteiger partial charge in [-0.05, 0) is 43.5 Å². The Morgan fingerprint density at radius 2 is 2.08 bits per heavy atom. The molecular formula is C16H20Cl2N4O2. The van der Waals surface area contributed by atoms with Crippen LogP contribution in [0.2, 0.25) is 5.02 Å². The molecular weight excluding hydrogens is 351 g/mol. The number of nitrogens with one attached hydrogen (secondary N) is 1. The molecule has 3 N–H and O–H groups in total. The third-order valence-electron chi connectivity index (χ3n) is 4.05. The normalized spacial score (nSPS) is 19.8. The lowest BCUT2D eigenvalue weighted by Gasteiger charge is -2.09. The van der Waals surface area contributed by atoms with Gasteiger partial charge in [0.15, 0.2) is 0 Å². The Balaban J connectivity index is 0.00000208. The number of amides is 1. The number of aromatic nitrogens is 2. The molecule has 1 aromatic heterocycles.